The first-order valence-electron chi connectivity index (χ1n) is 10.5. The summed E-state index contributed by atoms with van der Waals surface area (Å²) in [5.41, 5.74) is 7.47. The van der Waals surface area contributed by atoms with Crippen LogP contribution in [0.4, 0.5) is 0 Å². The summed E-state index contributed by atoms with van der Waals surface area (Å²) < 4.78 is 0. The van der Waals surface area contributed by atoms with Crippen LogP contribution in [0.25, 0.3) is 22.3 Å². The van der Waals surface area contributed by atoms with Crippen molar-refractivity contribution in [3.05, 3.63) is 118 Å². The van der Waals surface area contributed by atoms with Gasteiger partial charge in [0.1, 0.15) is 0 Å². The summed E-state index contributed by atoms with van der Waals surface area (Å²) in [5, 5.41) is -1.70. The first kappa shape index (κ1) is 21.3. The highest BCUT2D eigenvalue weighted by Crippen LogP contribution is 2.63. The SMILES string of the molecule is O=C(Cl)c1ccc2c(c1)C1(c3ccccc3-2)c2cc(C(=O)Cl)ccc2-c2ccc(C(=O)Cl)cc21. The van der Waals surface area contributed by atoms with Gasteiger partial charge < -0.3 is 0 Å². The van der Waals surface area contributed by atoms with Crippen LogP contribution in [0.15, 0.2) is 78.9 Å². The van der Waals surface area contributed by atoms with Gasteiger partial charge in [-0.25, -0.2) is 0 Å². The fourth-order valence-corrected chi connectivity index (χ4v) is 5.90. The Balaban J connectivity index is 1.83. The molecule has 3 nitrogen and oxygen atoms in total. The van der Waals surface area contributed by atoms with Crippen LogP contribution in [0.1, 0.15) is 53.3 Å². The Morgan fingerprint density at radius 3 is 1.21 bits per heavy atom. The molecule has 0 N–H and O–H groups in total. The fourth-order valence-electron chi connectivity index (χ4n) is 5.55. The normalized spacial score (nSPS) is 13.7. The van der Waals surface area contributed by atoms with E-state index in [4.69, 9.17) is 34.8 Å². The van der Waals surface area contributed by atoms with Gasteiger partial charge in [-0.1, -0.05) is 42.5 Å². The lowest BCUT2D eigenvalue weighted by Crippen LogP contribution is -2.26. The van der Waals surface area contributed by atoms with Crippen molar-refractivity contribution >= 4 is 50.5 Å². The summed E-state index contributed by atoms with van der Waals surface area (Å²) in [7, 11) is 0. The first-order chi connectivity index (χ1) is 16.3. The summed E-state index contributed by atoms with van der Waals surface area (Å²) >= 11 is 17.6. The lowest BCUT2D eigenvalue weighted by Gasteiger charge is -2.31. The average molecular weight is 504 g/mol. The third kappa shape index (κ3) is 2.69. The second-order valence-electron chi connectivity index (χ2n) is 8.40. The maximum absolute atomic E-state index is 12.1. The predicted octanol–water partition coefficient (Wildman–Crippen LogP) is 7.17. The van der Waals surface area contributed by atoms with E-state index in [-0.39, 0.29) is 0 Å². The summed E-state index contributed by atoms with van der Waals surface area (Å²) in [6, 6.07) is 24.1. The van der Waals surface area contributed by atoms with Gasteiger partial charge in [0.2, 0.25) is 0 Å². The van der Waals surface area contributed by atoms with Crippen LogP contribution in [0, 0.1) is 0 Å². The number of carbonyl (C=O) groups is 3. The molecule has 0 heterocycles. The highest BCUT2D eigenvalue weighted by molar-refractivity contribution is 6.68. The van der Waals surface area contributed by atoms with Crippen LogP contribution in [0.5, 0.6) is 0 Å². The Kier molecular flexibility index (Phi) is 4.62. The topological polar surface area (TPSA) is 51.2 Å². The molecule has 164 valence electrons. The second-order valence-corrected chi connectivity index (χ2v) is 9.43. The molecule has 4 aromatic rings. The zero-order valence-electron chi connectivity index (χ0n) is 17.4. The van der Waals surface area contributed by atoms with Gasteiger partial charge in [-0.3, -0.25) is 14.4 Å². The Bertz CT molecular complexity index is 1500. The van der Waals surface area contributed by atoms with Crippen molar-refractivity contribution in [2.24, 2.45) is 0 Å². The standard InChI is InChI=1S/C28H13Cl3O3/c29-25(32)14-5-8-18-17-3-1-2-4-21(17)28(22(18)11-14)23-12-15(26(30)33)6-9-19(23)20-10-7-16(27(31)34)13-24(20)28/h1-13H. The molecule has 6 heteroatoms. The highest BCUT2D eigenvalue weighted by Gasteiger charge is 2.52. The molecule has 2 aliphatic rings. The van der Waals surface area contributed by atoms with Gasteiger partial charge in [-0.15, -0.1) is 0 Å². The summed E-state index contributed by atoms with van der Waals surface area (Å²) in [5.74, 6) is 0. The van der Waals surface area contributed by atoms with E-state index in [0.29, 0.717) is 16.7 Å². The minimum absolute atomic E-state index is 0.358. The third-order valence-corrected chi connectivity index (χ3v) is 7.52. The van der Waals surface area contributed by atoms with Gasteiger partial charge in [0.25, 0.3) is 15.7 Å². The van der Waals surface area contributed by atoms with E-state index in [1.54, 1.807) is 36.4 Å². The van der Waals surface area contributed by atoms with Crippen LogP contribution in [0.2, 0.25) is 0 Å². The molecule has 0 radical (unpaired) electrons. The molecule has 6 rings (SSSR count). The number of hydrogen-bond donors (Lipinski definition) is 0. The van der Waals surface area contributed by atoms with Crippen LogP contribution in [-0.2, 0) is 5.41 Å². The smallest absolute Gasteiger partial charge is 0.252 e. The molecule has 0 bridgehead atoms. The molecule has 2 aliphatic carbocycles. The van der Waals surface area contributed by atoms with E-state index in [2.05, 4.69) is 0 Å². The fraction of sp³-hybridized carbons (Fsp3) is 0.0357. The minimum atomic E-state index is -0.885. The van der Waals surface area contributed by atoms with Gasteiger partial charge in [0, 0.05) is 16.7 Å². The van der Waals surface area contributed by atoms with Crippen LogP contribution in [-0.4, -0.2) is 15.7 Å². The molecule has 1 spiro atoms. The zero-order valence-corrected chi connectivity index (χ0v) is 19.6. The Morgan fingerprint density at radius 1 is 0.471 bits per heavy atom. The number of halogens is 3. The number of benzene rings is 4. The van der Waals surface area contributed by atoms with E-state index >= 15 is 0 Å². The quantitative estimate of drug-likeness (QED) is 0.241. The monoisotopic (exact) mass is 502 g/mol. The predicted molar refractivity (Wildman–Crippen MR) is 133 cm³/mol. The molecule has 0 aromatic heterocycles. The molecule has 0 saturated carbocycles. The Labute approximate surface area is 209 Å². The molecule has 34 heavy (non-hydrogen) atoms. The molecular weight excluding hydrogens is 491 g/mol. The Hall–Kier alpha value is -3.24. The number of carbonyl (C=O) groups excluding carboxylic acids is 3. The van der Waals surface area contributed by atoms with Crippen molar-refractivity contribution in [2.75, 3.05) is 0 Å². The first-order valence-corrected chi connectivity index (χ1v) is 11.6. The zero-order chi connectivity index (χ0) is 23.8. The Morgan fingerprint density at radius 2 is 0.824 bits per heavy atom. The molecule has 0 atom stereocenters. The van der Waals surface area contributed by atoms with Crippen molar-refractivity contribution in [3.8, 4) is 22.3 Å². The van der Waals surface area contributed by atoms with Crippen molar-refractivity contribution < 1.29 is 14.4 Å². The van der Waals surface area contributed by atoms with Gasteiger partial charge in [-0.05, 0) is 116 Å². The lowest BCUT2D eigenvalue weighted by molar-refractivity contribution is 0.107. The molecule has 0 unspecified atom stereocenters. The second kappa shape index (κ2) is 7.38. The maximum atomic E-state index is 12.1. The van der Waals surface area contributed by atoms with Crippen molar-refractivity contribution in [1.82, 2.24) is 0 Å². The van der Waals surface area contributed by atoms with E-state index in [1.807, 2.05) is 42.5 Å². The third-order valence-electron chi connectivity index (χ3n) is 6.86. The van der Waals surface area contributed by atoms with Crippen molar-refractivity contribution in [3.63, 3.8) is 0 Å². The molecular formula is C28H13Cl3O3. The van der Waals surface area contributed by atoms with Gasteiger partial charge in [0.05, 0.1) is 5.41 Å². The van der Waals surface area contributed by atoms with Crippen molar-refractivity contribution in [1.29, 1.82) is 0 Å². The van der Waals surface area contributed by atoms with E-state index < -0.39 is 21.1 Å². The van der Waals surface area contributed by atoms with Gasteiger partial charge in [0.15, 0.2) is 0 Å². The minimum Gasteiger partial charge on any atom is -0.276 e. The van der Waals surface area contributed by atoms with Crippen LogP contribution in [0.3, 0.4) is 0 Å². The van der Waals surface area contributed by atoms with E-state index in [1.165, 1.54) is 0 Å². The number of fused-ring (bicyclic) bond motifs is 10. The molecule has 4 aromatic carbocycles. The summed E-state index contributed by atoms with van der Waals surface area (Å²) in [6.07, 6.45) is 0. The maximum Gasteiger partial charge on any atom is 0.252 e. The van der Waals surface area contributed by atoms with E-state index in [0.717, 1.165) is 44.5 Å². The van der Waals surface area contributed by atoms with Gasteiger partial charge >= 0.3 is 0 Å². The van der Waals surface area contributed by atoms with Crippen LogP contribution < -0.4 is 0 Å². The summed E-state index contributed by atoms with van der Waals surface area (Å²) in [6.45, 7) is 0. The number of rotatable bonds is 3. The molecule has 0 amide bonds. The van der Waals surface area contributed by atoms with Gasteiger partial charge in [-0.2, -0.15) is 0 Å². The van der Waals surface area contributed by atoms with Crippen LogP contribution >= 0.6 is 34.8 Å². The largest absolute Gasteiger partial charge is 0.276 e. The molecule has 0 saturated heterocycles. The van der Waals surface area contributed by atoms with Crippen molar-refractivity contribution in [2.45, 2.75) is 5.41 Å². The molecule has 0 aliphatic heterocycles. The highest BCUT2D eigenvalue weighted by atomic mass is 35.5. The lowest BCUT2D eigenvalue weighted by atomic mass is 9.70. The average Bonchev–Trinajstić information content (AvgIpc) is 3.29. The number of hydrogen-bond acceptors (Lipinski definition) is 3. The van der Waals surface area contributed by atoms with E-state index in [9.17, 15) is 14.4 Å². The summed E-state index contributed by atoms with van der Waals surface area (Å²) in [4.78, 5) is 36.4. The molecule has 0 fully saturated rings.